The molecule has 0 aliphatic heterocycles. The van der Waals surface area contributed by atoms with Gasteiger partial charge in [-0.05, 0) is 24.7 Å². The topological polar surface area (TPSA) is 39.8 Å². The third kappa shape index (κ3) is 7.09. The number of fused-ring (bicyclic) bond motifs is 1. The van der Waals surface area contributed by atoms with Gasteiger partial charge in [0.15, 0.2) is 0 Å². The minimum Gasteiger partial charge on any atom is -0.214 e. The van der Waals surface area contributed by atoms with Crippen molar-refractivity contribution in [1.29, 1.82) is 0 Å². The molecule has 3 heteroatoms. The molecule has 17 heavy (non-hydrogen) atoms. The molecule has 91 valence electrons. The van der Waals surface area contributed by atoms with Crippen molar-refractivity contribution in [3.8, 4) is 0 Å². The second-order valence-electron chi connectivity index (χ2n) is 3.61. The molecule has 1 aromatic carbocycles. The van der Waals surface area contributed by atoms with Gasteiger partial charge in [0, 0.05) is 17.1 Å². The van der Waals surface area contributed by atoms with E-state index in [1.54, 1.807) is 0 Å². The normalized spacial score (nSPS) is 21.4. The number of hydrogen-bond acceptors (Lipinski definition) is 0. The number of hydrogen-bond donors (Lipinski definition) is 0. The van der Waals surface area contributed by atoms with Gasteiger partial charge in [0.2, 0.25) is 0 Å². The van der Waals surface area contributed by atoms with E-state index in [-0.39, 0.29) is 17.1 Å². The molecule has 0 N–H and O–H groups in total. The zero-order chi connectivity index (χ0) is 12.2. The predicted octanol–water partition coefficient (Wildman–Crippen LogP) is 3.30. The number of rotatable bonds is 0. The maximum Gasteiger partial charge on any atom is 0 e. The van der Waals surface area contributed by atoms with E-state index in [1.807, 2.05) is 30.3 Å². The summed E-state index contributed by atoms with van der Waals surface area (Å²) in [5.41, 5.74) is 0. The zero-order valence-corrected chi connectivity index (χ0v) is 10.7. The molecule has 2 unspecified atom stereocenters. The molecule has 0 bridgehead atoms. The molecule has 2 atom stereocenters. The minimum absolute atomic E-state index is 0. The third-order valence-corrected chi connectivity index (χ3v) is 2.79. The van der Waals surface area contributed by atoms with Crippen molar-refractivity contribution in [2.24, 2.45) is 11.8 Å². The van der Waals surface area contributed by atoms with Crippen molar-refractivity contribution < 1.29 is 26.4 Å². The van der Waals surface area contributed by atoms with Crippen molar-refractivity contribution in [2.75, 3.05) is 0 Å². The molecule has 0 heterocycles. The van der Waals surface area contributed by atoms with Crippen molar-refractivity contribution in [3.05, 3.63) is 55.8 Å². The monoisotopic (exact) mass is 270 g/mol. The van der Waals surface area contributed by atoms with E-state index in [0.717, 1.165) is 11.8 Å². The second kappa shape index (κ2) is 13.2. The van der Waals surface area contributed by atoms with Crippen LogP contribution in [-0.2, 0) is 26.4 Å². The van der Waals surface area contributed by atoms with Gasteiger partial charge in [0.05, 0.1) is 0 Å². The summed E-state index contributed by atoms with van der Waals surface area (Å²) >= 11 is 0. The Morgan fingerprint density at radius 1 is 0.882 bits per heavy atom. The molecule has 2 nitrogen and oxygen atoms in total. The fraction of sp³-hybridized carbons (Fsp3) is 0.357. The van der Waals surface area contributed by atoms with Crippen LogP contribution in [0.5, 0.6) is 0 Å². The van der Waals surface area contributed by atoms with Crippen LogP contribution in [0.25, 0.3) is 0 Å². The van der Waals surface area contributed by atoms with E-state index in [1.165, 1.54) is 19.3 Å². The molecule has 3 rings (SSSR count). The largest absolute Gasteiger partial charge is 0.214 e. The second-order valence-corrected chi connectivity index (χ2v) is 3.61. The Labute approximate surface area is 113 Å². The Hall–Kier alpha value is -0.911. The van der Waals surface area contributed by atoms with Gasteiger partial charge in [-0.3, -0.25) is 0 Å². The van der Waals surface area contributed by atoms with Gasteiger partial charge in [-0.25, -0.2) is 12.1 Å². The van der Waals surface area contributed by atoms with E-state index < -0.39 is 0 Å². The Balaban J connectivity index is 0. The van der Waals surface area contributed by atoms with Gasteiger partial charge in [0.25, 0.3) is 0 Å². The minimum atomic E-state index is 0. The molecule has 0 amide bonds. The molecule has 2 aliphatic carbocycles. The van der Waals surface area contributed by atoms with Crippen LogP contribution in [0.3, 0.4) is 0 Å². The fourth-order valence-electron chi connectivity index (χ4n) is 1.96. The van der Waals surface area contributed by atoms with Crippen LogP contribution in [0, 0.1) is 25.1 Å². The van der Waals surface area contributed by atoms with E-state index in [0.29, 0.717) is 0 Å². The van der Waals surface area contributed by atoms with Crippen molar-refractivity contribution >= 4 is 0 Å². The van der Waals surface area contributed by atoms with E-state index in [9.17, 15) is 0 Å². The van der Waals surface area contributed by atoms with Gasteiger partial charge in [-0.15, -0.1) is 0 Å². The van der Waals surface area contributed by atoms with Gasteiger partial charge >= 0.3 is 22.6 Å². The Morgan fingerprint density at radius 3 is 1.47 bits per heavy atom. The Bertz CT molecular complexity index is 276. The summed E-state index contributed by atoms with van der Waals surface area (Å²) in [6.07, 6.45) is 9.14. The predicted molar refractivity (Wildman–Crippen MR) is 59.9 cm³/mol. The number of allylic oxidation sites excluding steroid dienone is 2. The molecule has 0 aromatic heterocycles. The van der Waals surface area contributed by atoms with Crippen molar-refractivity contribution in [1.82, 2.24) is 0 Å². The SMILES string of the molecule is C1=CC2CCCC12.[C-]#[O+].[C-]#[O+].[Mn].c1cc[cH-]c1. The van der Waals surface area contributed by atoms with E-state index in [4.69, 9.17) is 9.30 Å². The molecule has 1 saturated carbocycles. The van der Waals surface area contributed by atoms with Crippen molar-refractivity contribution in [2.45, 2.75) is 19.3 Å². The summed E-state index contributed by atoms with van der Waals surface area (Å²) in [5, 5.41) is 0. The quantitative estimate of drug-likeness (QED) is 0.300. The first-order chi connectivity index (χ1) is 7.97. The molecule has 1 fully saturated rings. The zero-order valence-electron chi connectivity index (χ0n) is 9.51. The first kappa shape index (κ1) is 18.5. The van der Waals surface area contributed by atoms with Crippen LogP contribution in [0.2, 0.25) is 0 Å². The fourth-order valence-corrected chi connectivity index (χ4v) is 1.96. The van der Waals surface area contributed by atoms with Gasteiger partial charge in [-0.1, -0.05) is 18.6 Å². The first-order valence-corrected chi connectivity index (χ1v) is 5.22. The Morgan fingerprint density at radius 2 is 1.29 bits per heavy atom. The molecule has 1 aromatic rings. The first-order valence-electron chi connectivity index (χ1n) is 5.22. The summed E-state index contributed by atoms with van der Waals surface area (Å²) in [4.78, 5) is 0. The average Bonchev–Trinajstić information content (AvgIpc) is 2.99. The van der Waals surface area contributed by atoms with E-state index >= 15 is 0 Å². The maximum absolute atomic E-state index is 7.50. The van der Waals surface area contributed by atoms with Gasteiger partial charge in [-0.2, -0.15) is 18.2 Å². The molecular formula is C14H15MnO2-. The van der Waals surface area contributed by atoms with Crippen LogP contribution in [0.15, 0.2) is 42.5 Å². The standard InChI is InChI=1S/C7H10.C5H5.2CO.Mn/c1-2-6-4-5-7(6)3-1;1-2-4-5-3-1;2*1-2;/h4-7H,1-3H2;1-5H;;;/q;-1;;;. The van der Waals surface area contributed by atoms with Crippen molar-refractivity contribution in [3.63, 3.8) is 0 Å². The third-order valence-electron chi connectivity index (χ3n) is 2.79. The van der Waals surface area contributed by atoms with Gasteiger partial charge < -0.3 is 0 Å². The summed E-state index contributed by atoms with van der Waals surface area (Å²) < 4.78 is 15.0. The molecule has 0 saturated heterocycles. The summed E-state index contributed by atoms with van der Waals surface area (Å²) in [6, 6.07) is 10.0. The maximum atomic E-state index is 7.50. The van der Waals surface area contributed by atoms with Crippen LogP contribution < -0.4 is 0 Å². The van der Waals surface area contributed by atoms with Gasteiger partial charge in [0.1, 0.15) is 0 Å². The smallest absolute Gasteiger partial charge is 0 e. The van der Waals surface area contributed by atoms with Crippen LogP contribution in [0.1, 0.15) is 19.3 Å². The average molecular weight is 270 g/mol. The molecule has 0 spiro atoms. The molecule has 1 radical (unpaired) electrons. The van der Waals surface area contributed by atoms with Crippen LogP contribution in [0.4, 0.5) is 0 Å². The summed E-state index contributed by atoms with van der Waals surface area (Å²) in [7, 11) is 0. The summed E-state index contributed by atoms with van der Waals surface area (Å²) in [5.74, 6) is 2.03. The van der Waals surface area contributed by atoms with Crippen LogP contribution >= 0.6 is 0 Å². The van der Waals surface area contributed by atoms with E-state index in [2.05, 4.69) is 25.5 Å². The Kier molecular flexibility index (Phi) is 14.3. The molecular weight excluding hydrogens is 255 g/mol. The molecule has 2 aliphatic rings. The summed E-state index contributed by atoms with van der Waals surface area (Å²) in [6.45, 7) is 9.00. The van der Waals surface area contributed by atoms with Crippen LogP contribution in [-0.4, -0.2) is 0 Å².